The van der Waals surface area contributed by atoms with Crippen molar-refractivity contribution in [1.82, 2.24) is 0 Å². The summed E-state index contributed by atoms with van der Waals surface area (Å²) >= 11 is 0. The van der Waals surface area contributed by atoms with E-state index in [0.29, 0.717) is 22.6 Å². The molecule has 2 aromatic rings. The third-order valence-electron chi connectivity index (χ3n) is 5.02. The molecule has 0 amide bonds. The third kappa shape index (κ3) is 3.53. The van der Waals surface area contributed by atoms with Gasteiger partial charge in [-0.3, -0.25) is 4.79 Å². The highest BCUT2D eigenvalue weighted by molar-refractivity contribution is 6.62. The maximum Gasteiger partial charge on any atom is 0.495 e. The van der Waals surface area contributed by atoms with Crippen molar-refractivity contribution in [3.05, 3.63) is 53.6 Å². The topological polar surface area (TPSA) is 65.0 Å². The number of hydrogen-bond donors (Lipinski definition) is 1. The van der Waals surface area contributed by atoms with Crippen molar-refractivity contribution in [2.45, 2.75) is 45.5 Å². The molecule has 1 aliphatic heterocycles. The van der Waals surface area contributed by atoms with Crippen LogP contribution in [-0.2, 0) is 15.9 Å². The van der Waals surface area contributed by atoms with Gasteiger partial charge in [0.1, 0.15) is 17.8 Å². The Morgan fingerprint density at radius 2 is 1.69 bits per heavy atom. The van der Waals surface area contributed by atoms with Crippen LogP contribution in [0.4, 0.5) is 0 Å². The van der Waals surface area contributed by atoms with Crippen LogP contribution in [-0.4, -0.2) is 29.7 Å². The van der Waals surface area contributed by atoms with Gasteiger partial charge >= 0.3 is 7.12 Å². The van der Waals surface area contributed by atoms with Gasteiger partial charge < -0.3 is 19.2 Å². The Bertz CT molecular complexity index is 800. The van der Waals surface area contributed by atoms with Crippen molar-refractivity contribution in [3.8, 4) is 11.5 Å². The minimum absolute atomic E-state index is 0.162. The monoisotopic (exact) mass is 354 g/mol. The zero-order valence-electron chi connectivity index (χ0n) is 15.5. The first-order valence-electron chi connectivity index (χ1n) is 8.58. The van der Waals surface area contributed by atoms with Gasteiger partial charge in [0.15, 0.2) is 0 Å². The fourth-order valence-corrected chi connectivity index (χ4v) is 2.77. The largest absolute Gasteiger partial charge is 0.495 e. The highest BCUT2D eigenvalue weighted by Crippen LogP contribution is 2.37. The van der Waals surface area contributed by atoms with E-state index in [9.17, 15) is 9.90 Å². The SMILES string of the molecule is CC1(C)OB(c2ccc(Oc3cccc(C=O)c3)cc2CO)OC1(C)C. The van der Waals surface area contributed by atoms with Gasteiger partial charge in [-0.05, 0) is 63.0 Å². The average molecular weight is 354 g/mol. The van der Waals surface area contributed by atoms with Crippen molar-refractivity contribution >= 4 is 18.9 Å². The average Bonchev–Trinajstić information content (AvgIpc) is 2.82. The minimum atomic E-state index is -0.547. The van der Waals surface area contributed by atoms with Gasteiger partial charge in [-0.15, -0.1) is 0 Å². The lowest BCUT2D eigenvalue weighted by Gasteiger charge is -2.32. The molecule has 0 aliphatic carbocycles. The number of hydrogen-bond acceptors (Lipinski definition) is 5. The minimum Gasteiger partial charge on any atom is -0.457 e. The zero-order chi connectivity index (χ0) is 18.9. The van der Waals surface area contributed by atoms with Crippen molar-refractivity contribution < 1.29 is 23.9 Å². The smallest absolute Gasteiger partial charge is 0.457 e. The molecule has 0 atom stereocenters. The van der Waals surface area contributed by atoms with Gasteiger partial charge in [-0.2, -0.15) is 0 Å². The van der Waals surface area contributed by atoms with Crippen molar-refractivity contribution in [1.29, 1.82) is 0 Å². The van der Waals surface area contributed by atoms with Crippen LogP contribution in [0.15, 0.2) is 42.5 Å². The first-order valence-corrected chi connectivity index (χ1v) is 8.58. The second kappa shape index (κ2) is 6.87. The van der Waals surface area contributed by atoms with Crippen LogP contribution in [0, 0.1) is 0 Å². The molecule has 6 heteroatoms. The van der Waals surface area contributed by atoms with Crippen molar-refractivity contribution in [2.75, 3.05) is 0 Å². The summed E-state index contributed by atoms with van der Waals surface area (Å²) in [5.41, 5.74) is 1.09. The molecule has 1 fully saturated rings. The van der Waals surface area contributed by atoms with E-state index < -0.39 is 18.3 Å². The fourth-order valence-electron chi connectivity index (χ4n) is 2.77. The van der Waals surface area contributed by atoms with Crippen LogP contribution in [0.25, 0.3) is 0 Å². The molecule has 1 aliphatic rings. The number of ether oxygens (including phenoxy) is 1. The molecule has 1 heterocycles. The van der Waals surface area contributed by atoms with Crippen molar-refractivity contribution in [3.63, 3.8) is 0 Å². The molecule has 136 valence electrons. The predicted molar refractivity (Wildman–Crippen MR) is 100.0 cm³/mol. The van der Waals surface area contributed by atoms with Gasteiger partial charge in [0.25, 0.3) is 0 Å². The summed E-state index contributed by atoms with van der Waals surface area (Å²) in [5, 5.41) is 9.80. The Kier molecular flexibility index (Phi) is 4.93. The number of aliphatic hydroxyl groups excluding tert-OH is 1. The standard InChI is InChI=1S/C20H23BO5/c1-19(2)20(3,4)26-21(25-19)18-9-8-17(11-15(18)13-23)24-16-7-5-6-14(10-16)12-22/h5-12,23H,13H2,1-4H3. The van der Waals surface area contributed by atoms with E-state index in [2.05, 4.69) is 0 Å². The van der Waals surface area contributed by atoms with Gasteiger partial charge in [0.05, 0.1) is 17.8 Å². The maximum atomic E-state index is 10.9. The molecule has 0 saturated carbocycles. The highest BCUT2D eigenvalue weighted by Gasteiger charge is 2.52. The molecule has 1 N–H and O–H groups in total. The fraction of sp³-hybridized carbons (Fsp3) is 0.350. The second-order valence-electron chi connectivity index (χ2n) is 7.40. The molecule has 0 radical (unpaired) electrons. The normalized spacial score (nSPS) is 18.0. The van der Waals surface area contributed by atoms with Crippen molar-refractivity contribution in [2.24, 2.45) is 0 Å². The summed E-state index contributed by atoms with van der Waals surface area (Å²) in [6, 6.07) is 12.3. The summed E-state index contributed by atoms with van der Waals surface area (Å²) in [7, 11) is -0.547. The van der Waals surface area contributed by atoms with Gasteiger partial charge in [0, 0.05) is 5.56 Å². The summed E-state index contributed by atoms with van der Waals surface area (Å²) in [6.07, 6.45) is 0.771. The van der Waals surface area contributed by atoms with E-state index in [-0.39, 0.29) is 6.61 Å². The summed E-state index contributed by atoms with van der Waals surface area (Å²) in [5.74, 6) is 1.12. The zero-order valence-corrected chi connectivity index (χ0v) is 15.5. The summed E-state index contributed by atoms with van der Waals surface area (Å²) in [6.45, 7) is 7.80. The molecule has 3 rings (SSSR count). The summed E-state index contributed by atoms with van der Waals surface area (Å²) < 4.78 is 17.9. The van der Waals surface area contributed by atoms with E-state index in [1.54, 1.807) is 36.4 Å². The molecule has 1 saturated heterocycles. The van der Waals surface area contributed by atoms with Crippen LogP contribution in [0.2, 0.25) is 0 Å². The number of aldehydes is 1. The Labute approximate surface area is 154 Å². The van der Waals surface area contributed by atoms with Crippen LogP contribution < -0.4 is 10.2 Å². The number of aliphatic hydroxyl groups is 1. The Hall–Kier alpha value is -2.15. The van der Waals surface area contributed by atoms with Gasteiger partial charge in [-0.1, -0.05) is 18.2 Å². The number of carbonyl (C=O) groups excluding carboxylic acids is 1. The molecule has 0 unspecified atom stereocenters. The third-order valence-corrected chi connectivity index (χ3v) is 5.02. The number of benzene rings is 2. The van der Waals surface area contributed by atoms with Crippen LogP contribution in [0.5, 0.6) is 11.5 Å². The molecule has 26 heavy (non-hydrogen) atoms. The number of rotatable bonds is 5. The lowest BCUT2D eigenvalue weighted by atomic mass is 9.76. The van der Waals surface area contributed by atoms with Crippen LogP contribution in [0.1, 0.15) is 43.6 Å². The van der Waals surface area contributed by atoms with Gasteiger partial charge in [0.2, 0.25) is 0 Å². The van der Waals surface area contributed by atoms with Crippen LogP contribution in [0.3, 0.4) is 0 Å². The Balaban J connectivity index is 1.85. The second-order valence-corrected chi connectivity index (χ2v) is 7.40. The lowest BCUT2D eigenvalue weighted by molar-refractivity contribution is 0.00578. The molecule has 5 nitrogen and oxygen atoms in total. The van der Waals surface area contributed by atoms with E-state index in [1.807, 2.05) is 33.8 Å². The first kappa shape index (κ1) is 18.6. The molecule has 0 spiro atoms. The van der Waals surface area contributed by atoms with Crippen LogP contribution >= 0.6 is 0 Å². The van der Waals surface area contributed by atoms with E-state index in [4.69, 9.17) is 14.0 Å². The molecule has 0 aromatic heterocycles. The number of carbonyl (C=O) groups is 1. The van der Waals surface area contributed by atoms with E-state index in [0.717, 1.165) is 11.7 Å². The highest BCUT2D eigenvalue weighted by atomic mass is 16.7. The summed E-state index contributed by atoms with van der Waals surface area (Å²) in [4.78, 5) is 10.9. The maximum absolute atomic E-state index is 10.9. The molecule has 0 bridgehead atoms. The van der Waals surface area contributed by atoms with Gasteiger partial charge in [-0.25, -0.2) is 0 Å². The Morgan fingerprint density at radius 1 is 1.04 bits per heavy atom. The first-order chi connectivity index (χ1) is 12.3. The lowest BCUT2D eigenvalue weighted by Crippen LogP contribution is -2.41. The van der Waals surface area contributed by atoms with E-state index >= 15 is 0 Å². The van der Waals surface area contributed by atoms with E-state index in [1.165, 1.54) is 0 Å². The Morgan fingerprint density at radius 3 is 2.31 bits per heavy atom. The molecular weight excluding hydrogens is 331 g/mol. The predicted octanol–water partition coefficient (Wildman–Crippen LogP) is 3.08. The molecule has 2 aromatic carbocycles. The molecular formula is C20H23BO5. The quantitative estimate of drug-likeness (QED) is 0.660.